The highest BCUT2D eigenvalue weighted by molar-refractivity contribution is 6.50. The second kappa shape index (κ2) is 3.43. The van der Waals surface area contributed by atoms with Gasteiger partial charge in [-0.2, -0.15) is 5.10 Å². The zero-order valence-electron chi connectivity index (χ0n) is 8.91. The molecule has 0 spiro atoms. The van der Waals surface area contributed by atoms with Gasteiger partial charge in [-0.15, -0.1) is 0 Å². The van der Waals surface area contributed by atoms with E-state index < -0.39 is 5.79 Å². The number of hydrogen-bond donors (Lipinski definition) is 3. The lowest BCUT2D eigenvalue weighted by atomic mass is 10.1. The summed E-state index contributed by atoms with van der Waals surface area (Å²) in [6, 6.07) is 0. The molecular weight excluding hydrogens is 222 g/mol. The van der Waals surface area contributed by atoms with Gasteiger partial charge in [0.1, 0.15) is 18.5 Å². The van der Waals surface area contributed by atoms with Crippen molar-refractivity contribution < 1.29 is 0 Å². The van der Waals surface area contributed by atoms with Crippen LogP contribution < -0.4 is 17.0 Å². The van der Waals surface area contributed by atoms with Gasteiger partial charge in [-0.05, 0) is 0 Å². The maximum Gasteiger partial charge on any atom is 0.264 e. The summed E-state index contributed by atoms with van der Waals surface area (Å²) in [5.74, 6) is 5.58. The van der Waals surface area contributed by atoms with Crippen molar-refractivity contribution in [3.05, 3.63) is 0 Å². The Balaban J connectivity index is 2.04. The lowest BCUT2D eigenvalue weighted by Crippen LogP contribution is -2.65. The third kappa shape index (κ3) is 1.29. The second-order valence-corrected chi connectivity index (χ2v) is 3.70. The van der Waals surface area contributed by atoms with E-state index in [4.69, 9.17) is 11.6 Å². The Kier molecular flexibility index (Phi) is 2.03. The maximum absolute atomic E-state index is 5.67. The zero-order chi connectivity index (χ0) is 11.9. The maximum atomic E-state index is 5.67. The van der Waals surface area contributed by atoms with Gasteiger partial charge in [0.25, 0.3) is 5.79 Å². The third-order valence-electron chi connectivity index (χ3n) is 2.74. The Morgan fingerprint density at radius 1 is 1.35 bits per heavy atom. The fourth-order valence-corrected chi connectivity index (χ4v) is 1.91. The number of nitrogens with zero attached hydrogens (tertiary/aromatic N) is 6. The standard InChI is InChI=1S/C8H11N9/c9-5-1-2-17(15-5)8(16-10)6-7(12-3-11-6)13-4-14-8/h3-4,16H,1-2,10H2,(H2,9,15). The van der Waals surface area contributed by atoms with Crippen LogP contribution in [0.25, 0.3) is 0 Å². The van der Waals surface area contributed by atoms with Crippen molar-refractivity contribution in [1.82, 2.24) is 10.4 Å². The minimum absolute atomic E-state index is 0.485. The Bertz CT molecular complexity index is 499. The van der Waals surface area contributed by atoms with Crippen molar-refractivity contribution in [1.29, 1.82) is 0 Å². The zero-order valence-corrected chi connectivity index (χ0v) is 8.91. The molecule has 0 aromatic rings. The van der Waals surface area contributed by atoms with Crippen molar-refractivity contribution in [2.75, 3.05) is 6.54 Å². The topological polar surface area (TPSA) is 129 Å². The predicted molar refractivity (Wildman–Crippen MR) is 64.9 cm³/mol. The summed E-state index contributed by atoms with van der Waals surface area (Å²) in [5.41, 5.74) is 8.82. The normalized spacial score (nSPS) is 30.2. The molecule has 9 heteroatoms. The second-order valence-electron chi connectivity index (χ2n) is 3.70. The lowest BCUT2D eigenvalue weighted by Gasteiger charge is -2.36. The fraction of sp³-hybridized carbons (Fsp3) is 0.375. The molecule has 3 heterocycles. The first kappa shape index (κ1) is 10.1. The van der Waals surface area contributed by atoms with Crippen molar-refractivity contribution in [2.45, 2.75) is 12.2 Å². The fourth-order valence-electron chi connectivity index (χ4n) is 1.91. The van der Waals surface area contributed by atoms with Crippen LogP contribution in [0.3, 0.4) is 0 Å². The molecule has 0 saturated heterocycles. The summed E-state index contributed by atoms with van der Waals surface area (Å²) >= 11 is 0. The number of hydrazone groups is 1. The van der Waals surface area contributed by atoms with Crippen LogP contribution in [0.2, 0.25) is 0 Å². The summed E-state index contributed by atoms with van der Waals surface area (Å²) in [6.07, 6.45) is 3.47. The van der Waals surface area contributed by atoms with E-state index >= 15 is 0 Å². The molecule has 3 aliphatic rings. The van der Waals surface area contributed by atoms with Gasteiger partial charge in [0, 0.05) is 13.0 Å². The molecular formula is C8H11N9. The molecule has 1 atom stereocenters. The van der Waals surface area contributed by atoms with Gasteiger partial charge in [0.05, 0.1) is 0 Å². The molecule has 0 aliphatic carbocycles. The predicted octanol–water partition coefficient (Wildman–Crippen LogP) is -2.00. The average molecular weight is 233 g/mol. The lowest BCUT2D eigenvalue weighted by molar-refractivity contribution is 0.145. The number of nitrogens with two attached hydrogens (primary N) is 2. The smallest absolute Gasteiger partial charge is 0.264 e. The van der Waals surface area contributed by atoms with E-state index in [1.54, 1.807) is 5.01 Å². The van der Waals surface area contributed by atoms with Crippen molar-refractivity contribution >= 4 is 30.1 Å². The Morgan fingerprint density at radius 2 is 2.24 bits per heavy atom. The minimum Gasteiger partial charge on any atom is -0.386 e. The quantitative estimate of drug-likeness (QED) is 0.376. The molecule has 3 rings (SSSR count). The number of fused-ring (bicyclic) bond motifs is 1. The van der Waals surface area contributed by atoms with Crippen LogP contribution in [-0.4, -0.2) is 47.4 Å². The van der Waals surface area contributed by atoms with Gasteiger partial charge >= 0.3 is 0 Å². The Hall–Kier alpha value is -2.13. The summed E-state index contributed by atoms with van der Waals surface area (Å²) in [4.78, 5) is 16.4. The monoisotopic (exact) mass is 233 g/mol. The van der Waals surface area contributed by atoms with E-state index in [1.165, 1.54) is 12.7 Å². The van der Waals surface area contributed by atoms with Crippen LogP contribution in [0.15, 0.2) is 25.1 Å². The summed E-state index contributed by atoms with van der Waals surface area (Å²) in [6.45, 7) is 0.611. The van der Waals surface area contributed by atoms with Crippen LogP contribution in [0, 0.1) is 0 Å². The van der Waals surface area contributed by atoms with E-state index in [0.717, 1.165) is 0 Å². The van der Waals surface area contributed by atoms with E-state index in [-0.39, 0.29) is 0 Å². The Morgan fingerprint density at radius 3 is 2.94 bits per heavy atom. The first-order chi connectivity index (χ1) is 8.26. The number of aliphatic imine (C=N–C) groups is 4. The molecule has 0 radical (unpaired) electrons. The molecule has 0 bridgehead atoms. The largest absolute Gasteiger partial charge is 0.386 e. The highest BCUT2D eigenvalue weighted by Crippen LogP contribution is 2.24. The first-order valence-electron chi connectivity index (χ1n) is 5.07. The number of amidine groups is 2. The number of rotatable bonds is 2. The van der Waals surface area contributed by atoms with Crippen LogP contribution in [0.5, 0.6) is 0 Å². The van der Waals surface area contributed by atoms with Gasteiger partial charge in [0.2, 0.25) is 0 Å². The molecule has 0 fully saturated rings. The first-order valence-corrected chi connectivity index (χ1v) is 5.07. The van der Waals surface area contributed by atoms with Crippen LogP contribution in [-0.2, 0) is 0 Å². The molecule has 0 saturated carbocycles. The molecule has 17 heavy (non-hydrogen) atoms. The van der Waals surface area contributed by atoms with Crippen LogP contribution >= 0.6 is 0 Å². The van der Waals surface area contributed by atoms with Gasteiger partial charge in [-0.3, -0.25) is 5.84 Å². The van der Waals surface area contributed by atoms with E-state index in [9.17, 15) is 0 Å². The van der Waals surface area contributed by atoms with E-state index in [1.807, 2.05) is 0 Å². The highest BCUT2D eigenvalue weighted by atomic mass is 15.7. The molecule has 88 valence electrons. The van der Waals surface area contributed by atoms with Crippen LogP contribution in [0.4, 0.5) is 0 Å². The van der Waals surface area contributed by atoms with Crippen molar-refractivity contribution in [2.24, 2.45) is 36.6 Å². The van der Waals surface area contributed by atoms with Gasteiger partial charge in [-0.25, -0.2) is 30.4 Å². The summed E-state index contributed by atoms with van der Waals surface area (Å²) < 4.78 is 0. The molecule has 9 nitrogen and oxygen atoms in total. The summed E-state index contributed by atoms with van der Waals surface area (Å²) in [5, 5.41) is 5.85. The molecule has 0 amide bonds. The molecule has 0 aromatic heterocycles. The Labute approximate surface area is 96.7 Å². The number of nitrogens with one attached hydrogen (secondary N) is 1. The van der Waals surface area contributed by atoms with Crippen molar-refractivity contribution in [3.8, 4) is 0 Å². The molecule has 3 aliphatic heterocycles. The molecule has 0 aromatic carbocycles. The van der Waals surface area contributed by atoms with Gasteiger partial charge in [0.15, 0.2) is 11.5 Å². The van der Waals surface area contributed by atoms with Crippen LogP contribution in [0.1, 0.15) is 6.42 Å². The molecule has 1 unspecified atom stereocenters. The third-order valence-corrected chi connectivity index (χ3v) is 2.74. The number of hydrogen-bond acceptors (Lipinski definition) is 9. The van der Waals surface area contributed by atoms with Crippen molar-refractivity contribution in [3.63, 3.8) is 0 Å². The molecule has 5 N–H and O–H groups in total. The average Bonchev–Trinajstić information content (AvgIpc) is 2.97. The van der Waals surface area contributed by atoms with Gasteiger partial charge in [-0.1, -0.05) is 0 Å². The SMILES string of the molecule is NNC1(N2CCC(N)=N2)N=CN=C2N=CN=C21. The van der Waals surface area contributed by atoms with Gasteiger partial charge < -0.3 is 5.73 Å². The summed E-state index contributed by atoms with van der Waals surface area (Å²) in [7, 11) is 0. The highest BCUT2D eigenvalue weighted by Gasteiger charge is 2.47. The van der Waals surface area contributed by atoms with E-state index in [0.29, 0.717) is 30.3 Å². The van der Waals surface area contributed by atoms with E-state index in [2.05, 4.69) is 30.5 Å². The number of hydrazine groups is 1. The minimum atomic E-state index is -1.06.